The number of carboxylic acids is 2. The Bertz CT molecular complexity index is 834. The maximum Gasteiger partial charge on any atom is 0.490 e. The molecule has 138 valence electrons. The van der Waals surface area contributed by atoms with Gasteiger partial charge in [-0.05, 0) is 29.3 Å². The van der Waals surface area contributed by atoms with Gasteiger partial charge in [0.2, 0.25) is 0 Å². The number of benzene rings is 2. The monoisotopic (exact) mass is 369 g/mol. The molecule has 2 aromatic carbocycles. The van der Waals surface area contributed by atoms with E-state index in [0.717, 1.165) is 5.56 Å². The average Bonchev–Trinajstić information content (AvgIpc) is 2.54. The molecule has 0 saturated carbocycles. The number of nitrogens with two attached hydrogens (primary N) is 2. The molecule has 0 aliphatic rings. The van der Waals surface area contributed by atoms with Gasteiger partial charge in [-0.25, -0.2) is 9.59 Å². The van der Waals surface area contributed by atoms with E-state index in [2.05, 4.69) is 0 Å². The molecule has 0 aliphatic heterocycles. The normalized spacial score (nSPS) is 10.4. The molecule has 7 nitrogen and oxygen atoms in total. The van der Waals surface area contributed by atoms with Gasteiger partial charge in [0.25, 0.3) is 0 Å². The molecule has 7 N–H and O–H groups in total. The van der Waals surface area contributed by atoms with Crippen molar-refractivity contribution in [2.45, 2.75) is 6.18 Å². The predicted molar refractivity (Wildman–Crippen MR) is 88.0 cm³/mol. The Balaban J connectivity index is 0.000000412. The molecule has 0 aliphatic carbocycles. The van der Waals surface area contributed by atoms with Crippen LogP contribution in [0.3, 0.4) is 0 Å². The number of amidine groups is 1. The van der Waals surface area contributed by atoms with E-state index in [1.165, 1.54) is 6.07 Å². The lowest BCUT2D eigenvalue weighted by Crippen LogP contribution is -2.21. The Morgan fingerprint density at radius 2 is 1.50 bits per heavy atom. The summed E-state index contributed by atoms with van der Waals surface area (Å²) in [6, 6.07) is 11.4. The summed E-state index contributed by atoms with van der Waals surface area (Å²) in [6.07, 6.45) is -5.08. The molecule has 0 radical (unpaired) electrons. The number of nitrogen functional groups attached to an aromatic ring is 2. The third-order valence-corrected chi connectivity index (χ3v) is 3.02. The highest BCUT2D eigenvalue weighted by Gasteiger charge is 2.38. The molecule has 26 heavy (non-hydrogen) atoms. The van der Waals surface area contributed by atoms with Crippen LogP contribution in [0.25, 0.3) is 11.1 Å². The minimum absolute atomic E-state index is 0.0300. The Labute approximate surface area is 145 Å². The van der Waals surface area contributed by atoms with Crippen LogP contribution in [0.4, 0.5) is 18.9 Å². The van der Waals surface area contributed by atoms with Crippen molar-refractivity contribution >= 4 is 23.5 Å². The van der Waals surface area contributed by atoms with Gasteiger partial charge in [-0.15, -0.1) is 0 Å². The molecule has 0 bridgehead atoms. The summed E-state index contributed by atoms with van der Waals surface area (Å²) in [5.41, 5.74) is 13.6. The molecule has 0 saturated heterocycles. The van der Waals surface area contributed by atoms with Gasteiger partial charge in [-0.2, -0.15) is 13.2 Å². The van der Waals surface area contributed by atoms with Crippen LogP contribution in [0.15, 0.2) is 42.5 Å². The van der Waals surface area contributed by atoms with Gasteiger partial charge in [0.1, 0.15) is 5.84 Å². The number of aliphatic carboxylic acids is 1. The minimum atomic E-state index is -5.08. The summed E-state index contributed by atoms with van der Waals surface area (Å²) in [5.74, 6) is -3.80. The van der Waals surface area contributed by atoms with Crippen LogP contribution >= 0.6 is 0 Å². The van der Waals surface area contributed by atoms with Gasteiger partial charge in [0.05, 0.1) is 5.56 Å². The third-order valence-electron chi connectivity index (χ3n) is 3.02. The van der Waals surface area contributed by atoms with E-state index in [0.29, 0.717) is 16.8 Å². The smallest absolute Gasteiger partial charge is 0.478 e. The van der Waals surface area contributed by atoms with Gasteiger partial charge in [-0.3, -0.25) is 5.41 Å². The second-order valence-corrected chi connectivity index (χ2v) is 4.90. The van der Waals surface area contributed by atoms with Crippen LogP contribution in [0.1, 0.15) is 15.9 Å². The van der Waals surface area contributed by atoms with E-state index in [9.17, 15) is 18.0 Å². The molecule has 10 heteroatoms. The Kier molecular flexibility index (Phi) is 6.31. The highest BCUT2D eigenvalue weighted by atomic mass is 19.4. The molecule has 2 rings (SSSR count). The van der Waals surface area contributed by atoms with Crippen molar-refractivity contribution in [3.05, 3.63) is 53.6 Å². The molecule has 0 unspecified atom stereocenters. The number of carboxylic acid groups (broad SMARTS) is 2. The van der Waals surface area contributed by atoms with E-state index in [4.69, 9.17) is 31.9 Å². The lowest BCUT2D eigenvalue weighted by Gasteiger charge is -2.08. The zero-order valence-corrected chi connectivity index (χ0v) is 13.0. The van der Waals surface area contributed by atoms with Crippen LogP contribution in [0.5, 0.6) is 0 Å². The number of rotatable bonds is 3. The predicted octanol–water partition coefficient (Wildman–Crippen LogP) is 2.55. The molecule has 0 amide bonds. The largest absolute Gasteiger partial charge is 0.490 e. The maximum atomic E-state index is 11.2. The summed E-state index contributed by atoms with van der Waals surface area (Å²) < 4.78 is 31.7. The van der Waals surface area contributed by atoms with Crippen LogP contribution < -0.4 is 11.5 Å². The first-order valence-electron chi connectivity index (χ1n) is 6.81. The number of alkyl halides is 3. The second-order valence-electron chi connectivity index (χ2n) is 4.90. The maximum absolute atomic E-state index is 11.2. The van der Waals surface area contributed by atoms with Crippen molar-refractivity contribution < 1.29 is 33.0 Å². The number of anilines is 1. The van der Waals surface area contributed by atoms with E-state index >= 15 is 0 Å². The van der Waals surface area contributed by atoms with Crippen LogP contribution in [-0.2, 0) is 4.79 Å². The fraction of sp³-hybridized carbons (Fsp3) is 0.0625. The summed E-state index contributed by atoms with van der Waals surface area (Å²) in [6.45, 7) is 0. The highest BCUT2D eigenvalue weighted by Crippen LogP contribution is 2.26. The zero-order chi connectivity index (χ0) is 20.1. The Morgan fingerprint density at radius 1 is 1.00 bits per heavy atom. The first kappa shape index (κ1) is 20.5. The van der Waals surface area contributed by atoms with Crippen LogP contribution in [0.2, 0.25) is 0 Å². The number of hydrogen-bond acceptors (Lipinski definition) is 4. The first-order chi connectivity index (χ1) is 11.9. The van der Waals surface area contributed by atoms with Crippen molar-refractivity contribution in [2.24, 2.45) is 5.73 Å². The fourth-order valence-corrected chi connectivity index (χ4v) is 1.82. The molecular formula is C16H14F3N3O4. The molecule has 0 atom stereocenters. The lowest BCUT2D eigenvalue weighted by molar-refractivity contribution is -0.192. The van der Waals surface area contributed by atoms with Gasteiger partial charge in [-0.1, -0.05) is 24.3 Å². The van der Waals surface area contributed by atoms with Gasteiger partial charge >= 0.3 is 18.1 Å². The van der Waals surface area contributed by atoms with Gasteiger partial charge in [0, 0.05) is 11.3 Å². The number of aromatic carboxylic acids is 1. The van der Waals surface area contributed by atoms with Crippen molar-refractivity contribution in [1.82, 2.24) is 0 Å². The van der Waals surface area contributed by atoms with Crippen molar-refractivity contribution in [2.75, 3.05) is 5.73 Å². The van der Waals surface area contributed by atoms with Crippen LogP contribution in [-0.4, -0.2) is 34.2 Å². The molecular weight excluding hydrogens is 355 g/mol. The molecule has 0 heterocycles. The summed E-state index contributed by atoms with van der Waals surface area (Å²) in [7, 11) is 0. The highest BCUT2D eigenvalue weighted by molar-refractivity contribution is 5.98. The number of nitrogens with one attached hydrogen (secondary N) is 1. The quantitative estimate of drug-likeness (QED) is 0.319. The van der Waals surface area contributed by atoms with E-state index < -0.39 is 18.1 Å². The minimum Gasteiger partial charge on any atom is -0.478 e. The summed E-state index contributed by atoms with van der Waals surface area (Å²) >= 11 is 0. The molecule has 0 spiro atoms. The number of halogens is 3. The molecule has 0 aromatic heterocycles. The standard InChI is InChI=1S/C14H13N3O2.C2HF3O2/c15-10-5-6-11(14(18)19)12(7-10)8-1-3-9(4-2-8)13(16)17;3-2(4,5)1(6)7/h1-7H,15H2,(H3,16,17)(H,18,19);(H,6,7). The summed E-state index contributed by atoms with van der Waals surface area (Å²) in [5, 5.41) is 23.6. The Hall–Kier alpha value is -3.56. The second kappa shape index (κ2) is 8.01. The van der Waals surface area contributed by atoms with Crippen molar-refractivity contribution in [1.29, 1.82) is 5.41 Å². The lowest BCUT2D eigenvalue weighted by atomic mass is 9.98. The molecule has 0 fully saturated rings. The molecule has 2 aromatic rings. The van der Waals surface area contributed by atoms with Crippen LogP contribution in [0, 0.1) is 5.41 Å². The topological polar surface area (TPSA) is 150 Å². The number of hydrogen-bond donors (Lipinski definition) is 5. The average molecular weight is 369 g/mol. The number of carbonyl (C=O) groups is 2. The first-order valence-corrected chi connectivity index (χ1v) is 6.81. The van der Waals surface area contributed by atoms with E-state index in [1.54, 1.807) is 36.4 Å². The fourth-order valence-electron chi connectivity index (χ4n) is 1.82. The third kappa shape index (κ3) is 5.51. The van der Waals surface area contributed by atoms with Crippen molar-refractivity contribution in [3.8, 4) is 11.1 Å². The van der Waals surface area contributed by atoms with Crippen molar-refractivity contribution in [3.63, 3.8) is 0 Å². The SMILES string of the molecule is N=C(N)c1ccc(-c2cc(N)ccc2C(=O)O)cc1.O=C(O)C(F)(F)F. The Morgan fingerprint density at radius 3 is 1.88 bits per heavy atom. The van der Waals surface area contributed by atoms with Gasteiger partial charge < -0.3 is 21.7 Å². The zero-order valence-electron chi connectivity index (χ0n) is 13.0. The van der Waals surface area contributed by atoms with Gasteiger partial charge in [0.15, 0.2) is 0 Å². The van der Waals surface area contributed by atoms with E-state index in [1.807, 2.05) is 0 Å². The summed E-state index contributed by atoms with van der Waals surface area (Å²) in [4.78, 5) is 20.1. The van der Waals surface area contributed by atoms with E-state index in [-0.39, 0.29) is 11.4 Å².